The lowest BCUT2D eigenvalue weighted by molar-refractivity contribution is 0.0636. The van der Waals surface area contributed by atoms with E-state index in [2.05, 4.69) is 10.3 Å². The third-order valence-electron chi connectivity index (χ3n) is 1.58. The number of ether oxygens (including phenoxy) is 1. The lowest BCUT2D eigenvalue weighted by Crippen LogP contribution is -2.27. The number of aromatic nitrogens is 1. The van der Waals surface area contributed by atoms with Crippen molar-refractivity contribution in [3.8, 4) is 0 Å². The van der Waals surface area contributed by atoms with Gasteiger partial charge in [0.05, 0.1) is 0 Å². The maximum absolute atomic E-state index is 11.4. The minimum Gasteiger partial charge on any atom is -0.444 e. The summed E-state index contributed by atoms with van der Waals surface area (Å²) in [6.45, 7) is 7.29. The second kappa shape index (κ2) is 4.80. The first-order chi connectivity index (χ1) is 7.28. The number of rotatable bonds is 2. The smallest absolute Gasteiger partial charge is 0.413 e. The van der Waals surface area contributed by atoms with Gasteiger partial charge < -0.3 is 10.5 Å². The van der Waals surface area contributed by atoms with Crippen LogP contribution in [0.2, 0.25) is 0 Å². The van der Waals surface area contributed by atoms with Crippen molar-refractivity contribution < 1.29 is 9.53 Å². The van der Waals surface area contributed by atoms with Gasteiger partial charge in [0.15, 0.2) is 5.13 Å². The number of nitrogens with one attached hydrogen (secondary N) is 1. The lowest BCUT2D eigenvalue weighted by Gasteiger charge is -2.18. The van der Waals surface area contributed by atoms with Crippen LogP contribution in [-0.2, 0) is 4.74 Å². The zero-order chi connectivity index (χ0) is 12.3. The fourth-order valence-electron chi connectivity index (χ4n) is 0.946. The fraction of sp³-hybridized carbons (Fsp3) is 0.600. The van der Waals surface area contributed by atoms with Crippen molar-refractivity contribution in [2.75, 3.05) is 5.32 Å². The molecule has 0 aliphatic heterocycles. The molecule has 0 aliphatic rings. The van der Waals surface area contributed by atoms with E-state index in [1.54, 1.807) is 6.20 Å². The Bertz CT molecular complexity index is 368. The molecule has 90 valence electrons. The number of carbonyl (C=O) groups is 1. The number of thiazole rings is 1. The highest BCUT2D eigenvalue weighted by Crippen LogP contribution is 2.23. The molecule has 1 aromatic heterocycles. The summed E-state index contributed by atoms with van der Waals surface area (Å²) < 4.78 is 5.10. The Kier molecular flexibility index (Phi) is 3.88. The number of nitrogens with two attached hydrogens (primary N) is 1. The minimum atomic E-state index is -0.509. The summed E-state index contributed by atoms with van der Waals surface area (Å²) in [6, 6.07) is -0.0771. The van der Waals surface area contributed by atoms with Gasteiger partial charge in [-0.3, -0.25) is 5.32 Å². The van der Waals surface area contributed by atoms with Crippen molar-refractivity contribution in [2.24, 2.45) is 5.73 Å². The van der Waals surface area contributed by atoms with Crippen LogP contribution in [0.1, 0.15) is 38.6 Å². The number of carbonyl (C=O) groups excluding carboxylic acids is 1. The summed E-state index contributed by atoms with van der Waals surface area (Å²) in [4.78, 5) is 16.4. The zero-order valence-corrected chi connectivity index (χ0v) is 10.7. The molecule has 0 radical (unpaired) electrons. The molecule has 1 aromatic rings. The van der Waals surface area contributed by atoms with E-state index in [4.69, 9.17) is 10.5 Å². The van der Waals surface area contributed by atoms with Gasteiger partial charge in [0.2, 0.25) is 0 Å². The SMILES string of the molecule is CC(N)c1cnc(NC(=O)OC(C)(C)C)s1. The molecule has 0 spiro atoms. The van der Waals surface area contributed by atoms with Crippen molar-refractivity contribution in [1.29, 1.82) is 0 Å². The first-order valence-electron chi connectivity index (χ1n) is 4.99. The monoisotopic (exact) mass is 243 g/mol. The molecule has 6 heteroatoms. The second-order valence-corrected chi connectivity index (χ2v) is 5.55. The zero-order valence-electron chi connectivity index (χ0n) is 9.90. The van der Waals surface area contributed by atoms with Crippen molar-refractivity contribution in [3.05, 3.63) is 11.1 Å². The van der Waals surface area contributed by atoms with Crippen LogP contribution in [0.4, 0.5) is 9.93 Å². The highest BCUT2D eigenvalue weighted by Gasteiger charge is 2.17. The second-order valence-electron chi connectivity index (χ2n) is 4.48. The van der Waals surface area contributed by atoms with Crippen molar-refractivity contribution >= 4 is 22.6 Å². The predicted octanol–water partition coefficient (Wildman–Crippen LogP) is 2.51. The van der Waals surface area contributed by atoms with Gasteiger partial charge in [-0.2, -0.15) is 0 Å². The van der Waals surface area contributed by atoms with Crippen molar-refractivity contribution in [1.82, 2.24) is 4.98 Å². The van der Waals surface area contributed by atoms with Gasteiger partial charge >= 0.3 is 6.09 Å². The molecule has 1 atom stereocenters. The normalized spacial score (nSPS) is 13.3. The molecule has 1 amide bonds. The van der Waals surface area contributed by atoms with Gasteiger partial charge in [-0.25, -0.2) is 9.78 Å². The predicted molar refractivity (Wildman–Crippen MR) is 64.6 cm³/mol. The molecule has 0 aromatic carbocycles. The Balaban J connectivity index is 2.57. The lowest BCUT2D eigenvalue weighted by atomic mass is 10.2. The molecule has 0 saturated carbocycles. The molecule has 0 aliphatic carbocycles. The summed E-state index contributed by atoms with van der Waals surface area (Å²) >= 11 is 1.35. The first-order valence-corrected chi connectivity index (χ1v) is 5.81. The van der Waals surface area contributed by atoms with Gasteiger partial charge in [-0.05, 0) is 27.7 Å². The quantitative estimate of drug-likeness (QED) is 0.836. The Labute approximate surface area is 99.0 Å². The molecule has 16 heavy (non-hydrogen) atoms. The fourth-order valence-corrected chi connectivity index (χ4v) is 1.70. The maximum Gasteiger partial charge on any atom is 0.413 e. The third kappa shape index (κ3) is 4.16. The van der Waals surface area contributed by atoms with E-state index >= 15 is 0 Å². The van der Waals surface area contributed by atoms with Crippen LogP contribution < -0.4 is 11.1 Å². The summed E-state index contributed by atoms with van der Waals surface area (Å²) in [5.41, 5.74) is 5.18. The molecular formula is C10H17N3O2S. The number of hydrogen-bond acceptors (Lipinski definition) is 5. The molecule has 3 N–H and O–H groups in total. The minimum absolute atomic E-state index is 0.0771. The van der Waals surface area contributed by atoms with Crippen LogP contribution in [0.3, 0.4) is 0 Å². The van der Waals surface area contributed by atoms with E-state index in [0.29, 0.717) is 5.13 Å². The Morgan fingerprint density at radius 3 is 2.69 bits per heavy atom. The molecule has 0 bridgehead atoms. The summed E-state index contributed by atoms with van der Waals surface area (Å²) in [5.74, 6) is 0. The van der Waals surface area contributed by atoms with Crippen LogP contribution in [-0.4, -0.2) is 16.7 Å². The molecule has 1 heterocycles. The van der Waals surface area contributed by atoms with Crippen LogP contribution >= 0.6 is 11.3 Å². The highest BCUT2D eigenvalue weighted by atomic mass is 32.1. The van der Waals surface area contributed by atoms with Gasteiger partial charge in [-0.15, -0.1) is 11.3 Å². The number of anilines is 1. The van der Waals surface area contributed by atoms with Gasteiger partial charge in [0.25, 0.3) is 0 Å². The highest BCUT2D eigenvalue weighted by molar-refractivity contribution is 7.15. The standard InChI is InChI=1S/C10H17N3O2S/c1-6(11)7-5-12-8(16-7)13-9(14)15-10(2,3)4/h5-6H,11H2,1-4H3,(H,12,13,14). The van der Waals surface area contributed by atoms with Crippen molar-refractivity contribution in [3.63, 3.8) is 0 Å². The average molecular weight is 243 g/mol. The van der Waals surface area contributed by atoms with Crippen LogP contribution in [0, 0.1) is 0 Å². The number of hydrogen-bond donors (Lipinski definition) is 2. The first kappa shape index (κ1) is 12.9. The van der Waals surface area contributed by atoms with E-state index in [-0.39, 0.29) is 6.04 Å². The van der Waals surface area contributed by atoms with Crippen molar-refractivity contribution in [2.45, 2.75) is 39.3 Å². The Morgan fingerprint density at radius 1 is 1.62 bits per heavy atom. The number of amides is 1. The van der Waals surface area contributed by atoms with Gasteiger partial charge in [-0.1, -0.05) is 0 Å². The van der Waals surface area contributed by atoms with Gasteiger partial charge in [0.1, 0.15) is 5.60 Å². The Hall–Kier alpha value is -1.14. The van der Waals surface area contributed by atoms with E-state index in [9.17, 15) is 4.79 Å². The molecule has 5 nitrogen and oxygen atoms in total. The number of nitrogens with zero attached hydrogens (tertiary/aromatic N) is 1. The van der Waals surface area contributed by atoms with Gasteiger partial charge in [0, 0.05) is 17.1 Å². The Morgan fingerprint density at radius 2 is 2.25 bits per heavy atom. The van der Waals surface area contributed by atoms with E-state index < -0.39 is 11.7 Å². The average Bonchev–Trinajstić information content (AvgIpc) is 2.48. The maximum atomic E-state index is 11.4. The topological polar surface area (TPSA) is 77.2 Å². The van der Waals surface area contributed by atoms with Crippen LogP contribution in [0.15, 0.2) is 6.20 Å². The summed E-state index contributed by atoms with van der Waals surface area (Å²) in [7, 11) is 0. The summed E-state index contributed by atoms with van der Waals surface area (Å²) in [5, 5.41) is 3.07. The van der Waals surface area contributed by atoms with E-state index in [0.717, 1.165) is 4.88 Å². The molecule has 1 rings (SSSR count). The third-order valence-corrected chi connectivity index (χ3v) is 2.69. The molecule has 0 saturated heterocycles. The van der Waals surface area contributed by atoms with E-state index in [1.165, 1.54) is 11.3 Å². The van der Waals surface area contributed by atoms with Crippen LogP contribution in [0.5, 0.6) is 0 Å². The molecular weight excluding hydrogens is 226 g/mol. The van der Waals surface area contributed by atoms with E-state index in [1.807, 2.05) is 27.7 Å². The largest absolute Gasteiger partial charge is 0.444 e. The molecule has 1 unspecified atom stereocenters. The van der Waals surface area contributed by atoms with Crippen LogP contribution in [0.25, 0.3) is 0 Å². The summed E-state index contributed by atoms with van der Waals surface area (Å²) in [6.07, 6.45) is 1.15. The molecule has 0 fully saturated rings.